The monoisotopic (exact) mass is 309 g/mol. The van der Waals surface area contributed by atoms with Crippen molar-refractivity contribution in [3.05, 3.63) is 77.1 Å². The first-order valence-corrected chi connectivity index (χ1v) is 6.68. The molecule has 0 aliphatic rings. The Bertz CT molecular complexity index is 807. The van der Waals surface area contributed by atoms with E-state index in [0.717, 1.165) is 12.4 Å². The Morgan fingerprint density at radius 2 is 1.43 bits per heavy atom. The third kappa shape index (κ3) is 3.79. The number of nitro groups is 1. The second-order valence-corrected chi connectivity index (χ2v) is 4.47. The largest absolute Gasteiger partial charge is 0.457 e. The van der Waals surface area contributed by atoms with Crippen LogP contribution in [0.15, 0.2) is 67.0 Å². The van der Waals surface area contributed by atoms with Crippen molar-refractivity contribution in [1.29, 1.82) is 0 Å². The standard InChI is InChI=1S/C16H11N3O4/c20-19(21)12-10-17-16(18-11-12)23-15-8-4-7-14(9-15)22-13-5-2-1-3-6-13/h1-11H. The second-order valence-electron chi connectivity index (χ2n) is 4.47. The van der Waals surface area contributed by atoms with Gasteiger partial charge in [-0.3, -0.25) is 10.1 Å². The molecule has 0 bridgehead atoms. The molecule has 7 nitrogen and oxygen atoms in total. The van der Waals surface area contributed by atoms with Crippen LogP contribution >= 0.6 is 0 Å². The van der Waals surface area contributed by atoms with Gasteiger partial charge in [-0.1, -0.05) is 24.3 Å². The van der Waals surface area contributed by atoms with E-state index in [9.17, 15) is 10.1 Å². The summed E-state index contributed by atoms with van der Waals surface area (Å²) >= 11 is 0. The van der Waals surface area contributed by atoms with E-state index in [4.69, 9.17) is 9.47 Å². The zero-order valence-corrected chi connectivity index (χ0v) is 11.8. The van der Waals surface area contributed by atoms with E-state index in [0.29, 0.717) is 17.2 Å². The summed E-state index contributed by atoms with van der Waals surface area (Å²) < 4.78 is 11.2. The van der Waals surface area contributed by atoms with Gasteiger partial charge in [-0.05, 0) is 24.3 Å². The molecular weight excluding hydrogens is 298 g/mol. The van der Waals surface area contributed by atoms with Gasteiger partial charge in [-0.15, -0.1) is 0 Å². The van der Waals surface area contributed by atoms with Crippen molar-refractivity contribution < 1.29 is 14.4 Å². The van der Waals surface area contributed by atoms with Crippen molar-refractivity contribution >= 4 is 5.69 Å². The first-order valence-electron chi connectivity index (χ1n) is 6.68. The van der Waals surface area contributed by atoms with Crippen molar-refractivity contribution in [1.82, 2.24) is 9.97 Å². The number of para-hydroxylation sites is 1. The lowest BCUT2D eigenvalue weighted by molar-refractivity contribution is -0.385. The van der Waals surface area contributed by atoms with Gasteiger partial charge < -0.3 is 9.47 Å². The van der Waals surface area contributed by atoms with E-state index in [2.05, 4.69) is 9.97 Å². The summed E-state index contributed by atoms with van der Waals surface area (Å²) in [5, 5.41) is 10.6. The number of benzene rings is 2. The summed E-state index contributed by atoms with van der Waals surface area (Å²) in [6, 6.07) is 16.3. The van der Waals surface area contributed by atoms with E-state index in [-0.39, 0.29) is 11.7 Å². The molecule has 0 aliphatic heterocycles. The van der Waals surface area contributed by atoms with Gasteiger partial charge in [-0.25, -0.2) is 0 Å². The predicted octanol–water partition coefficient (Wildman–Crippen LogP) is 3.97. The van der Waals surface area contributed by atoms with Crippen molar-refractivity contribution in [2.45, 2.75) is 0 Å². The van der Waals surface area contributed by atoms with Gasteiger partial charge in [0, 0.05) is 6.07 Å². The minimum atomic E-state index is -0.571. The number of aromatic nitrogens is 2. The van der Waals surface area contributed by atoms with Gasteiger partial charge in [0.1, 0.15) is 29.6 Å². The van der Waals surface area contributed by atoms with E-state index >= 15 is 0 Å². The molecule has 0 spiro atoms. The average Bonchev–Trinajstić information content (AvgIpc) is 2.57. The van der Waals surface area contributed by atoms with Gasteiger partial charge in [0.05, 0.1) is 4.92 Å². The Labute approximate surface area is 131 Å². The van der Waals surface area contributed by atoms with E-state index in [1.807, 2.05) is 30.3 Å². The fraction of sp³-hybridized carbons (Fsp3) is 0. The van der Waals surface area contributed by atoms with Gasteiger partial charge in [-0.2, -0.15) is 9.97 Å². The van der Waals surface area contributed by atoms with Crippen molar-refractivity contribution in [2.24, 2.45) is 0 Å². The molecule has 1 aromatic heterocycles. The quantitative estimate of drug-likeness (QED) is 0.523. The maximum Gasteiger partial charge on any atom is 0.322 e. The van der Waals surface area contributed by atoms with Gasteiger partial charge in [0.25, 0.3) is 0 Å². The SMILES string of the molecule is O=[N+]([O-])c1cnc(Oc2cccc(Oc3ccccc3)c2)nc1. The molecule has 0 amide bonds. The van der Waals surface area contributed by atoms with Crippen molar-refractivity contribution in [2.75, 3.05) is 0 Å². The summed E-state index contributed by atoms with van der Waals surface area (Å²) in [6.45, 7) is 0. The summed E-state index contributed by atoms with van der Waals surface area (Å²) in [5.41, 5.74) is -0.196. The fourth-order valence-electron chi connectivity index (χ4n) is 1.79. The van der Waals surface area contributed by atoms with Crippen LogP contribution in [-0.2, 0) is 0 Å². The molecule has 0 unspecified atom stereocenters. The van der Waals surface area contributed by atoms with E-state index in [1.54, 1.807) is 24.3 Å². The molecule has 2 aromatic carbocycles. The maximum atomic E-state index is 10.6. The summed E-state index contributed by atoms with van der Waals surface area (Å²) in [7, 11) is 0. The first kappa shape index (κ1) is 14.5. The topological polar surface area (TPSA) is 87.4 Å². The van der Waals surface area contributed by atoms with Crippen LogP contribution in [-0.4, -0.2) is 14.9 Å². The fourth-order valence-corrected chi connectivity index (χ4v) is 1.79. The molecule has 0 atom stereocenters. The molecule has 0 saturated carbocycles. The van der Waals surface area contributed by atoms with Crippen molar-refractivity contribution in [3.8, 4) is 23.3 Å². The lowest BCUT2D eigenvalue weighted by Crippen LogP contribution is -1.95. The molecule has 114 valence electrons. The Morgan fingerprint density at radius 3 is 2.09 bits per heavy atom. The molecular formula is C16H11N3O4. The Hall–Kier alpha value is -3.48. The minimum Gasteiger partial charge on any atom is -0.457 e. The van der Waals surface area contributed by atoms with Gasteiger partial charge >= 0.3 is 11.7 Å². The maximum absolute atomic E-state index is 10.6. The summed E-state index contributed by atoms with van der Waals surface area (Å²) in [5.74, 6) is 1.76. The average molecular weight is 309 g/mol. The molecule has 0 radical (unpaired) electrons. The Balaban J connectivity index is 1.73. The van der Waals surface area contributed by atoms with Gasteiger partial charge in [0.2, 0.25) is 0 Å². The highest BCUT2D eigenvalue weighted by Gasteiger charge is 2.08. The molecule has 7 heteroatoms. The van der Waals surface area contributed by atoms with E-state index in [1.165, 1.54) is 0 Å². The smallest absolute Gasteiger partial charge is 0.322 e. The lowest BCUT2D eigenvalue weighted by atomic mass is 10.3. The third-order valence-corrected chi connectivity index (χ3v) is 2.82. The predicted molar refractivity (Wildman–Crippen MR) is 81.7 cm³/mol. The highest BCUT2D eigenvalue weighted by molar-refractivity contribution is 5.37. The number of hydrogen-bond acceptors (Lipinski definition) is 6. The zero-order valence-electron chi connectivity index (χ0n) is 11.8. The normalized spacial score (nSPS) is 10.1. The van der Waals surface area contributed by atoms with Crippen LogP contribution in [0.5, 0.6) is 23.3 Å². The van der Waals surface area contributed by atoms with Crippen LogP contribution in [0.25, 0.3) is 0 Å². The van der Waals surface area contributed by atoms with Crippen LogP contribution < -0.4 is 9.47 Å². The summed E-state index contributed by atoms with van der Waals surface area (Å²) in [6.07, 6.45) is 2.18. The number of ether oxygens (including phenoxy) is 2. The highest BCUT2D eigenvalue weighted by atomic mass is 16.6. The molecule has 1 heterocycles. The molecule has 3 aromatic rings. The molecule has 3 rings (SSSR count). The Morgan fingerprint density at radius 1 is 0.826 bits per heavy atom. The molecule has 0 fully saturated rings. The minimum absolute atomic E-state index is 0.0208. The zero-order chi connectivity index (χ0) is 16.1. The van der Waals surface area contributed by atoms with Crippen LogP contribution in [0.3, 0.4) is 0 Å². The first-order chi connectivity index (χ1) is 11.2. The third-order valence-electron chi connectivity index (χ3n) is 2.82. The Kier molecular flexibility index (Phi) is 4.10. The molecule has 0 N–H and O–H groups in total. The number of rotatable bonds is 5. The highest BCUT2D eigenvalue weighted by Crippen LogP contribution is 2.27. The number of hydrogen-bond donors (Lipinski definition) is 0. The van der Waals surface area contributed by atoms with Crippen LogP contribution in [0.2, 0.25) is 0 Å². The van der Waals surface area contributed by atoms with Crippen LogP contribution in [0.1, 0.15) is 0 Å². The molecule has 0 saturated heterocycles. The summed E-state index contributed by atoms with van der Waals surface area (Å²) in [4.78, 5) is 17.6. The lowest BCUT2D eigenvalue weighted by Gasteiger charge is -2.07. The van der Waals surface area contributed by atoms with Crippen LogP contribution in [0.4, 0.5) is 5.69 Å². The second kappa shape index (κ2) is 6.52. The van der Waals surface area contributed by atoms with Gasteiger partial charge in [0.15, 0.2) is 0 Å². The molecule has 23 heavy (non-hydrogen) atoms. The number of nitrogens with zero attached hydrogens (tertiary/aromatic N) is 3. The van der Waals surface area contributed by atoms with Crippen LogP contribution in [0, 0.1) is 10.1 Å². The molecule has 0 aliphatic carbocycles. The van der Waals surface area contributed by atoms with E-state index < -0.39 is 4.92 Å². The van der Waals surface area contributed by atoms with Crippen molar-refractivity contribution in [3.63, 3.8) is 0 Å².